The standard InChI is InChI=1S/C28H44O2/c1-19-10-14-24(29)18-23(19)13-12-22-8-7-17-28(6)25(15-16-26(22)28)20(2)9-11-21(3)27(4,5)30/h9,11-13,20-21,24-26,29-30H,1,7-8,10,14-18H2,2-6H3/b11-9+,22-12+,23-13-/t20-,21-,24-,25+,26+,28-/m0/s1. The number of hydrogen-bond acceptors (Lipinski definition) is 2. The molecule has 3 fully saturated rings. The highest BCUT2D eigenvalue weighted by molar-refractivity contribution is 5.36. The first-order valence-electron chi connectivity index (χ1n) is 12.2. The average molecular weight is 413 g/mol. The highest BCUT2D eigenvalue weighted by atomic mass is 16.3. The summed E-state index contributed by atoms with van der Waals surface area (Å²) in [6, 6.07) is 0. The van der Waals surface area contributed by atoms with Crippen molar-refractivity contribution in [3.8, 4) is 0 Å². The Morgan fingerprint density at radius 1 is 1.10 bits per heavy atom. The van der Waals surface area contributed by atoms with Crippen LogP contribution in [0.3, 0.4) is 0 Å². The maximum absolute atomic E-state index is 10.3. The third kappa shape index (κ3) is 5.02. The van der Waals surface area contributed by atoms with Crippen LogP contribution >= 0.6 is 0 Å². The number of rotatable bonds is 5. The first-order chi connectivity index (χ1) is 14.0. The Hall–Kier alpha value is -1.12. The van der Waals surface area contributed by atoms with Crippen LogP contribution in [0.2, 0.25) is 0 Å². The molecule has 2 nitrogen and oxygen atoms in total. The van der Waals surface area contributed by atoms with E-state index in [-0.39, 0.29) is 12.0 Å². The average Bonchev–Trinajstić information content (AvgIpc) is 3.03. The molecule has 0 aliphatic heterocycles. The van der Waals surface area contributed by atoms with Crippen LogP contribution in [0.15, 0.2) is 47.6 Å². The Kier molecular flexibility index (Phi) is 7.19. The highest BCUT2D eigenvalue weighted by Crippen LogP contribution is 2.59. The summed E-state index contributed by atoms with van der Waals surface area (Å²) in [5.74, 6) is 2.08. The molecule has 3 saturated carbocycles. The van der Waals surface area contributed by atoms with Gasteiger partial charge < -0.3 is 10.2 Å². The Morgan fingerprint density at radius 2 is 1.83 bits per heavy atom. The lowest BCUT2D eigenvalue weighted by atomic mass is 9.61. The zero-order chi connectivity index (χ0) is 22.1. The molecule has 0 aromatic rings. The van der Waals surface area contributed by atoms with Gasteiger partial charge in [0.05, 0.1) is 11.7 Å². The first kappa shape index (κ1) is 23.5. The van der Waals surface area contributed by atoms with Crippen LogP contribution in [-0.2, 0) is 0 Å². The fourth-order valence-electron chi connectivity index (χ4n) is 6.25. The van der Waals surface area contributed by atoms with E-state index in [0.717, 1.165) is 19.3 Å². The minimum absolute atomic E-state index is 0.164. The molecule has 3 aliphatic rings. The summed E-state index contributed by atoms with van der Waals surface area (Å²) in [7, 11) is 0. The lowest BCUT2D eigenvalue weighted by Crippen LogP contribution is -2.35. The van der Waals surface area contributed by atoms with Crippen molar-refractivity contribution >= 4 is 0 Å². The predicted molar refractivity (Wildman–Crippen MR) is 127 cm³/mol. The van der Waals surface area contributed by atoms with E-state index in [1.165, 1.54) is 43.3 Å². The summed E-state index contributed by atoms with van der Waals surface area (Å²) in [5.41, 5.74) is 3.78. The van der Waals surface area contributed by atoms with Gasteiger partial charge in [-0.15, -0.1) is 0 Å². The molecule has 0 amide bonds. The van der Waals surface area contributed by atoms with Gasteiger partial charge in [0.2, 0.25) is 0 Å². The fraction of sp³-hybridized carbons (Fsp3) is 0.714. The number of hydrogen-bond donors (Lipinski definition) is 2. The largest absolute Gasteiger partial charge is 0.393 e. The first-order valence-corrected chi connectivity index (χ1v) is 12.2. The van der Waals surface area contributed by atoms with Crippen molar-refractivity contribution < 1.29 is 10.2 Å². The maximum atomic E-state index is 10.3. The van der Waals surface area contributed by atoms with Crippen molar-refractivity contribution in [3.63, 3.8) is 0 Å². The number of allylic oxidation sites excluding steroid dienone is 5. The van der Waals surface area contributed by atoms with Crippen LogP contribution in [0.25, 0.3) is 0 Å². The van der Waals surface area contributed by atoms with Crippen LogP contribution in [0.4, 0.5) is 0 Å². The van der Waals surface area contributed by atoms with Gasteiger partial charge in [-0.25, -0.2) is 0 Å². The second-order valence-electron chi connectivity index (χ2n) is 11.2. The Labute approximate surface area is 184 Å². The molecule has 2 heteroatoms. The van der Waals surface area contributed by atoms with Crippen LogP contribution in [0.1, 0.15) is 86.0 Å². The summed E-state index contributed by atoms with van der Waals surface area (Å²) < 4.78 is 0. The van der Waals surface area contributed by atoms with Crippen LogP contribution < -0.4 is 0 Å². The summed E-state index contributed by atoms with van der Waals surface area (Å²) in [4.78, 5) is 0. The van der Waals surface area contributed by atoms with Crippen LogP contribution in [0.5, 0.6) is 0 Å². The van der Waals surface area contributed by atoms with Crippen molar-refractivity contribution in [2.75, 3.05) is 0 Å². The second-order valence-corrected chi connectivity index (χ2v) is 11.2. The molecular weight excluding hydrogens is 368 g/mol. The van der Waals surface area contributed by atoms with Gasteiger partial charge >= 0.3 is 0 Å². The molecule has 0 saturated heterocycles. The van der Waals surface area contributed by atoms with E-state index in [2.05, 4.69) is 51.7 Å². The van der Waals surface area contributed by atoms with Gasteiger partial charge in [-0.05, 0) is 94.0 Å². The smallest absolute Gasteiger partial charge is 0.0651 e. The maximum Gasteiger partial charge on any atom is 0.0651 e. The van der Waals surface area contributed by atoms with Gasteiger partial charge in [-0.2, -0.15) is 0 Å². The summed E-state index contributed by atoms with van der Waals surface area (Å²) in [6.45, 7) is 15.0. The molecule has 0 bridgehead atoms. The number of aliphatic hydroxyl groups excluding tert-OH is 1. The monoisotopic (exact) mass is 412 g/mol. The lowest BCUT2D eigenvalue weighted by molar-refractivity contribution is 0.0436. The molecule has 0 unspecified atom stereocenters. The van der Waals surface area contributed by atoms with E-state index < -0.39 is 5.60 Å². The van der Waals surface area contributed by atoms with Crippen LogP contribution in [0, 0.1) is 29.1 Å². The molecule has 168 valence electrons. The van der Waals surface area contributed by atoms with Crippen LogP contribution in [-0.4, -0.2) is 21.9 Å². The van der Waals surface area contributed by atoms with Crippen molar-refractivity contribution in [1.82, 2.24) is 0 Å². The summed E-state index contributed by atoms with van der Waals surface area (Å²) in [6.07, 6.45) is 18.0. The molecular formula is C28H44O2. The van der Waals surface area contributed by atoms with Gasteiger partial charge in [0.25, 0.3) is 0 Å². The van der Waals surface area contributed by atoms with E-state index in [0.29, 0.717) is 23.2 Å². The van der Waals surface area contributed by atoms with Gasteiger partial charge in [-0.3, -0.25) is 0 Å². The summed E-state index contributed by atoms with van der Waals surface area (Å²) in [5, 5.41) is 20.3. The zero-order valence-electron chi connectivity index (χ0n) is 20.0. The molecule has 0 spiro atoms. The van der Waals surface area contributed by atoms with Gasteiger partial charge in [0, 0.05) is 5.92 Å². The third-order valence-corrected chi connectivity index (χ3v) is 8.68. The topological polar surface area (TPSA) is 40.5 Å². The SMILES string of the molecule is C=C1CC[C@H](O)C/C1=C/C=C1\CCC[C@]2(C)[C@@H]1CC[C@@H]2[C@@H](C)/C=C/[C@H](C)C(C)(C)O. The highest BCUT2D eigenvalue weighted by Gasteiger charge is 2.50. The van der Waals surface area contributed by atoms with Gasteiger partial charge in [0.1, 0.15) is 0 Å². The number of fused-ring (bicyclic) bond motifs is 1. The van der Waals surface area contributed by atoms with E-state index in [4.69, 9.17) is 0 Å². The van der Waals surface area contributed by atoms with E-state index in [9.17, 15) is 10.2 Å². The molecule has 0 aromatic heterocycles. The normalized spacial score (nSPS) is 37.7. The van der Waals surface area contributed by atoms with Gasteiger partial charge in [0.15, 0.2) is 0 Å². The van der Waals surface area contributed by atoms with E-state index in [1.54, 1.807) is 5.57 Å². The third-order valence-electron chi connectivity index (χ3n) is 8.68. The number of aliphatic hydroxyl groups is 2. The molecule has 0 aromatic carbocycles. The minimum Gasteiger partial charge on any atom is -0.393 e. The zero-order valence-corrected chi connectivity index (χ0v) is 20.0. The molecule has 30 heavy (non-hydrogen) atoms. The quantitative estimate of drug-likeness (QED) is 0.490. The van der Waals surface area contributed by atoms with E-state index in [1.807, 2.05) is 13.8 Å². The predicted octanol–water partition coefficient (Wildman–Crippen LogP) is 6.76. The molecule has 2 N–H and O–H groups in total. The van der Waals surface area contributed by atoms with Crippen molar-refractivity contribution in [2.45, 2.75) is 97.7 Å². The molecule has 0 radical (unpaired) electrons. The lowest BCUT2D eigenvalue weighted by Gasteiger charge is -2.44. The molecule has 6 atom stereocenters. The van der Waals surface area contributed by atoms with Gasteiger partial charge in [-0.1, -0.05) is 62.8 Å². The Bertz CT molecular complexity index is 719. The summed E-state index contributed by atoms with van der Waals surface area (Å²) >= 11 is 0. The molecule has 3 aliphatic carbocycles. The minimum atomic E-state index is -0.663. The fourth-order valence-corrected chi connectivity index (χ4v) is 6.25. The second kappa shape index (κ2) is 9.17. The van der Waals surface area contributed by atoms with Crippen molar-refractivity contribution in [3.05, 3.63) is 47.6 Å². The van der Waals surface area contributed by atoms with Crippen molar-refractivity contribution in [2.24, 2.45) is 29.1 Å². The van der Waals surface area contributed by atoms with E-state index >= 15 is 0 Å². The Morgan fingerprint density at radius 3 is 2.53 bits per heavy atom. The molecule has 3 rings (SSSR count). The molecule has 0 heterocycles. The van der Waals surface area contributed by atoms with Crippen molar-refractivity contribution in [1.29, 1.82) is 0 Å². The Balaban J connectivity index is 1.75.